The van der Waals surface area contributed by atoms with E-state index in [1.165, 1.54) is 19.3 Å². The van der Waals surface area contributed by atoms with E-state index in [4.69, 9.17) is 4.74 Å². The fraction of sp³-hybridized carbons (Fsp3) is 1.00. The predicted molar refractivity (Wildman–Crippen MR) is 73.7 cm³/mol. The Morgan fingerprint density at radius 3 is 2.16 bits per heavy atom. The van der Waals surface area contributed by atoms with Crippen molar-refractivity contribution < 1.29 is 13.5 Å². The lowest BCUT2D eigenvalue weighted by molar-refractivity contribution is -0.0844. The first-order valence-electron chi connectivity index (χ1n) is 8.07. The van der Waals surface area contributed by atoms with Crippen molar-refractivity contribution >= 4 is 0 Å². The largest absolute Gasteiger partial charge is 0.375 e. The van der Waals surface area contributed by atoms with Crippen molar-refractivity contribution in [3.63, 3.8) is 0 Å². The molecule has 0 N–H and O–H groups in total. The Bertz CT molecular complexity index is 261. The Kier molecular flexibility index (Phi) is 5.61. The van der Waals surface area contributed by atoms with E-state index in [0.717, 1.165) is 25.2 Å². The van der Waals surface area contributed by atoms with Crippen LogP contribution < -0.4 is 0 Å². The number of hydrogen-bond acceptors (Lipinski definition) is 1. The summed E-state index contributed by atoms with van der Waals surface area (Å²) in [6.45, 7) is 4.55. The van der Waals surface area contributed by atoms with Crippen LogP contribution in [-0.2, 0) is 4.74 Å². The van der Waals surface area contributed by atoms with Crippen LogP contribution in [0.5, 0.6) is 0 Å². The van der Waals surface area contributed by atoms with Crippen LogP contribution in [0.15, 0.2) is 0 Å². The first-order valence-corrected chi connectivity index (χ1v) is 8.07. The second-order valence-electron chi connectivity index (χ2n) is 6.31. The standard InChI is InChI=1S/C16H28F2O/c1-3-11-5-7-12(8-6-11)13-9-10-14(19-4-2)16(18)15(13)17/h11-16H,3-10H2,1-2H3. The lowest BCUT2D eigenvalue weighted by Crippen LogP contribution is -2.45. The number of rotatable bonds is 4. The lowest BCUT2D eigenvalue weighted by Gasteiger charge is -2.41. The molecule has 2 aliphatic rings. The van der Waals surface area contributed by atoms with Crippen molar-refractivity contribution in [2.75, 3.05) is 6.61 Å². The van der Waals surface area contributed by atoms with E-state index in [1.807, 2.05) is 6.92 Å². The summed E-state index contributed by atoms with van der Waals surface area (Å²) in [5, 5.41) is 0. The zero-order chi connectivity index (χ0) is 13.8. The Hall–Kier alpha value is -0.180. The second-order valence-corrected chi connectivity index (χ2v) is 6.31. The van der Waals surface area contributed by atoms with Gasteiger partial charge >= 0.3 is 0 Å². The molecule has 0 aliphatic heterocycles. The maximum atomic E-state index is 14.3. The summed E-state index contributed by atoms with van der Waals surface area (Å²) in [6, 6.07) is 0. The van der Waals surface area contributed by atoms with Crippen LogP contribution >= 0.6 is 0 Å². The second kappa shape index (κ2) is 7.01. The van der Waals surface area contributed by atoms with E-state index in [1.54, 1.807) is 0 Å². The molecule has 0 heterocycles. The number of alkyl halides is 2. The van der Waals surface area contributed by atoms with Gasteiger partial charge in [-0.3, -0.25) is 0 Å². The third kappa shape index (κ3) is 3.48. The first kappa shape index (κ1) is 15.2. The third-order valence-corrected chi connectivity index (χ3v) is 5.31. The molecule has 0 spiro atoms. The van der Waals surface area contributed by atoms with Gasteiger partial charge in [0.15, 0.2) is 6.17 Å². The number of ether oxygens (including phenoxy) is 1. The Morgan fingerprint density at radius 1 is 0.895 bits per heavy atom. The Morgan fingerprint density at radius 2 is 1.58 bits per heavy atom. The van der Waals surface area contributed by atoms with Gasteiger partial charge in [0.05, 0.1) is 6.10 Å². The topological polar surface area (TPSA) is 9.23 Å². The monoisotopic (exact) mass is 274 g/mol. The fourth-order valence-electron chi connectivity index (χ4n) is 4.03. The minimum atomic E-state index is -1.41. The smallest absolute Gasteiger partial charge is 0.157 e. The van der Waals surface area contributed by atoms with Gasteiger partial charge in [-0.2, -0.15) is 0 Å². The summed E-state index contributed by atoms with van der Waals surface area (Å²) in [5.74, 6) is 1.15. The molecule has 0 saturated heterocycles. The lowest BCUT2D eigenvalue weighted by atomic mass is 9.69. The average molecular weight is 274 g/mol. The third-order valence-electron chi connectivity index (χ3n) is 5.31. The van der Waals surface area contributed by atoms with E-state index in [2.05, 4.69) is 6.92 Å². The van der Waals surface area contributed by atoms with E-state index in [-0.39, 0.29) is 5.92 Å². The molecule has 0 amide bonds. The minimum Gasteiger partial charge on any atom is -0.375 e. The molecule has 0 bridgehead atoms. The molecule has 2 saturated carbocycles. The SMILES string of the molecule is CCOC1CCC(C2CCC(CC)CC2)C(F)C1F. The summed E-state index contributed by atoms with van der Waals surface area (Å²) < 4.78 is 33.7. The van der Waals surface area contributed by atoms with Crippen molar-refractivity contribution in [1.82, 2.24) is 0 Å². The highest BCUT2D eigenvalue weighted by molar-refractivity contribution is 4.93. The zero-order valence-corrected chi connectivity index (χ0v) is 12.3. The van der Waals surface area contributed by atoms with E-state index in [0.29, 0.717) is 18.9 Å². The highest BCUT2D eigenvalue weighted by atomic mass is 19.2. The molecule has 2 aliphatic carbocycles. The van der Waals surface area contributed by atoms with E-state index in [9.17, 15) is 8.78 Å². The van der Waals surface area contributed by atoms with Gasteiger partial charge in [-0.05, 0) is 50.4 Å². The van der Waals surface area contributed by atoms with Gasteiger partial charge < -0.3 is 4.74 Å². The number of halogens is 2. The molecule has 0 aromatic heterocycles. The van der Waals surface area contributed by atoms with Gasteiger partial charge in [-0.1, -0.05) is 26.2 Å². The summed E-state index contributed by atoms with van der Waals surface area (Å²) >= 11 is 0. The molecule has 0 radical (unpaired) electrons. The Labute approximate surface area is 116 Å². The quantitative estimate of drug-likeness (QED) is 0.722. The fourth-order valence-corrected chi connectivity index (χ4v) is 4.03. The molecule has 4 unspecified atom stereocenters. The Balaban J connectivity index is 1.88. The van der Waals surface area contributed by atoms with Crippen molar-refractivity contribution in [2.45, 2.75) is 77.2 Å². The van der Waals surface area contributed by atoms with Gasteiger partial charge in [0.25, 0.3) is 0 Å². The van der Waals surface area contributed by atoms with Crippen molar-refractivity contribution in [2.24, 2.45) is 17.8 Å². The molecule has 2 fully saturated rings. The molecule has 3 heteroatoms. The van der Waals surface area contributed by atoms with Crippen LogP contribution in [-0.4, -0.2) is 25.1 Å². The molecule has 112 valence electrons. The average Bonchev–Trinajstić information content (AvgIpc) is 2.45. The van der Waals surface area contributed by atoms with Gasteiger partial charge in [0.1, 0.15) is 6.17 Å². The predicted octanol–water partition coefficient (Wildman–Crippen LogP) is 4.69. The summed E-state index contributed by atoms with van der Waals surface area (Å²) in [7, 11) is 0. The normalized spacial score (nSPS) is 44.2. The molecule has 1 nitrogen and oxygen atoms in total. The van der Waals surface area contributed by atoms with Crippen LogP contribution in [0.1, 0.15) is 58.8 Å². The zero-order valence-electron chi connectivity index (χ0n) is 12.3. The first-order chi connectivity index (χ1) is 9.17. The van der Waals surface area contributed by atoms with Crippen molar-refractivity contribution in [1.29, 1.82) is 0 Å². The molecule has 0 aromatic rings. The molecular weight excluding hydrogens is 246 g/mol. The van der Waals surface area contributed by atoms with Crippen LogP contribution in [0.4, 0.5) is 8.78 Å². The van der Waals surface area contributed by atoms with Crippen LogP contribution in [0.25, 0.3) is 0 Å². The molecule has 2 rings (SSSR count). The van der Waals surface area contributed by atoms with Gasteiger partial charge in [0, 0.05) is 6.61 Å². The van der Waals surface area contributed by atoms with Crippen LogP contribution in [0.2, 0.25) is 0 Å². The molecule has 0 aromatic carbocycles. The maximum absolute atomic E-state index is 14.3. The van der Waals surface area contributed by atoms with Crippen LogP contribution in [0.3, 0.4) is 0 Å². The number of hydrogen-bond donors (Lipinski definition) is 0. The summed E-state index contributed by atoms with van der Waals surface area (Å²) in [6.07, 6.45) is 4.08. The van der Waals surface area contributed by atoms with E-state index >= 15 is 0 Å². The highest BCUT2D eigenvalue weighted by Gasteiger charge is 2.44. The summed E-state index contributed by atoms with van der Waals surface area (Å²) in [5.41, 5.74) is 0. The molecule has 4 atom stereocenters. The maximum Gasteiger partial charge on any atom is 0.157 e. The molecule has 19 heavy (non-hydrogen) atoms. The van der Waals surface area contributed by atoms with Crippen molar-refractivity contribution in [3.05, 3.63) is 0 Å². The van der Waals surface area contributed by atoms with Gasteiger partial charge in [-0.25, -0.2) is 8.78 Å². The van der Waals surface area contributed by atoms with Crippen molar-refractivity contribution in [3.8, 4) is 0 Å². The minimum absolute atomic E-state index is 0.0653. The highest BCUT2D eigenvalue weighted by Crippen LogP contribution is 2.43. The van der Waals surface area contributed by atoms with Crippen LogP contribution in [0, 0.1) is 17.8 Å². The summed E-state index contributed by atoms with van der Waals surface area (Å²) in [4.78, 5) is 0. The van der Waals surface area contributed by atoms with E-state index < -0.39 is 18.4 Å². The van der Waals surface area contributed by atoms with Gasteiger partial charge in [-0.15, -0.1) is 0 Å². The van der Waals surface area contributed by atoms with Gasteiger partial charge in [0.2, 0.25) is 0 Å². The molecular formula is C16H28F2O.